The van der Waals surface area contributed by atoms with Crippen molar-refractivity contribution in [2.75, 3.05) is 13.1 Å². The van der Waals surface area contributed by atoms with Crippen LogP contribution in [-0.2, 0) is 4.74 Å². The zero-order valence-corrected chi connectivity index (χ0v) is 17.5. The van der Waals surface area contributed by atoms with Gasteiger partial charge in [0.25, 0.3) is 0 Å². The van der Waals surface area contributed by atoms with Gasteiger partial charge in [-0.15, -0.1) is 0 Å². The molecule has 6 atom stereocenters. The van der Waals surface area contributed by atoms with Crippen LogP contribution < -0.4 is 10.6 Å². The fraction of sp³-hybridized carbons (Fsp3) is 0.792. The van der Waals surface area contributed by atoms with E-state index in [1.807, 2.05) is 6.07 Å². The molecular weight excluding hydrogens is 364 g/mol. The molecule has 2 saturated carbocycles. The summed E-state index contributed by atoms with van der Waals surface area (Å²) in [5, 5.41) is 7.47. The van der Waals surface area contributed by atoms with Crippen LogP contribution in [-0.4, -0.2) is 37.7 Å². The predicted molar refractivity (Wildman–Crippen MR) is 112 cm³/mol. The van der Waals surface area contributed by atoms with Gasteiger partial charge in [-0.3, -0.25) is 4.79 Å². The summed E-state index contributed by atoms with van der Waals surface area (Å²) in [5.41, 5.74) is 1.17. The summed E-state index contributed by atoms with van der Waals surface area (Å²) in [6.45, 7) is 2.06. The molecule has 0 radical (unpaired) electrons. The third-order valence-electron chi connectivity index (χ3n) is 8.14. The second kappa shape index (κ2) is 8.91. The van der Waals surface area contributed by atoms with Crippen molar-refractivity contribution < 1.29 is 13.9 Å². The largest absolute Gasteiger partial charge is 0.461 e. The molecule has 5 rings (SSSR count). The van der Waals surface area contributed by atoms with Crippen LogP contribution in [0.5, 0.6) is 0 Å². The summed E-state index contributed by atoms with van der Waals surface area (Å²) in [6, 6.07) is 1.93. The minimum absolute atomic E-state index is 0.382. The van der Waals surface area contributed by atoms with Gasteiger partial charge in [0.15, 0.2) is 12.0 Å². The number of carbonyl (C=O) groups is 1. The van der Waals surface area contributed by atoms with Gasteiger partial charge in [0.1, 0.15) is 0 Å². The molecule has 2 aliphatic carbocycles. The van der Waals surface area contributed by atoms with E-state index >= 15 is 0 Å². The van der Waals surface area contributed by atoms with Gasteiger partial charge in [-0.05, 0) is 68.0 Å². The van der Waals surface area contributed by atoms with E-state index in [9.17, 15) is 4.79 Å². The van der Waals surface area contributed by atoms with E-state index in [-0.39, 0.29) is 0 Å². The summed E-state index contributed by atoms with van der Waals surface area (Å²) in [6.07, 6.45) is 17.0. The molecule has 3 heterocycles. The molecule has 2 saturated heterocycles. The van der Waals surface area contributed by atoms with Crippen LogP contribution in [0, 0.1) is 17.8 Å². The minimum Gasteiger partial charge on any atom is -0.461 e. The Labute approximate surface area is 174 Å². The molecule has 0 aromatic carbocycles. The Bertz CT molecular complexity index is 683. The highest BCUT2D eigenvalue weighted by molar-refractivity contribution is 5.70. The molecule has 0 amide bonds. The fourth-order valence-corrected chi connectivity index (χ4v) is 6.62. The molecule has 4 fully saturated rings. The van der Waals surface area contributed by atoms with E-state index in [1.54, 1.807) is 6.26 Å². The molecule has 160 valence electrons. The van der Waals surface area contributed by atoms with E-state index in [0.717, 1.165) is 19.4 Å². The summed E-state index contributed by atoms with van der Waals surface area (Å²) >= 11 is 0. The molecule has 2 N–H and O–H groups in total. The van der Waals surface area contributed by atoms with E-state index in [2.05, 4.69) is 10.6 Å². The van der Waals surface area contributed by atoms with Crippen LogP contribution >= 0.6 is 0 Å². The van der Waals surface area contributed by atoms with Crippen molar-refractivity contribution in [1.82, 2.24) is 10.6 Å². The molecule has 2 aliphatic heterocycles. The minimum atomic E-state index is 0.382. The first-order valence-electron chi connectivity index (χ1n) is 12.0. The van der Waals surface area contributed by atoms with Crippen LogP contribution in [0.3, 0.4) is 0 Å². The lowest BCUT2D eigenvalue weighted by Crippen LogP contribution is -2.52. The Kier molecular flexibility index (Phi) is 6.07. The Morgan fingerprint density at radius 3 is 2.59 bits per heavy atom. The monoisotopic (exact) mass is 400 g/mol. The molecule has 4 aliphatic rings. The van der Waals surface area contributed by atoms with Crippen molar-refractivity contribution in [3.05, 3.63) is 23.7 Å². The second-order valence-electron chi connectivity index (χ2n) is 9.84. The average Bonchev–Trinajstić information content (AvgIpc) is 3.41. The van der Waals surface area contributed by atoms with Crippen molar-refractivity contribution >= 4 is 6.29 Å². The van der Waals surface area contributed by atoms with Gasteiger partial charge in [-0.25, -0.2) is 0 Å². The second-order valence-corrected chi connectivity index (χ2v) is 9.84. The number of aldehydes is 1. The average molecular weight is 401 g/mol. The number of ether oxygens (including phenoxy) is 1. The maximum Gasteiger partial charge on any atom is 0.185 e. The van der Waals surface area contributed by atoms with Crippen LogP contribution in [0.4, 0.5) is 0 Å². The number of furan rings is 1. The zero-order chi connectivity index (χ0) is 19.6. The summed E-state index contributed by atoms with van der Waals surface area (Å²) in [7, 11) is 0. The fourth-order valence-electron chi connectivity index (χ4n) is 6.62. The lowest BCUT2D eigenvalue weighted by atomic mass is 9.70. The Morgan fingerprint density at radius 1 is 0.966 bits per heavy atom. The van der Waals surface area contributed by atoms with Gasteiger partial charge in [-0.2, -0.15) is 0 Å². The number of fused-ring (bicyclic) bond motifs is 1. The van der Waals surface area contributed by atoms with E-state index in [4.69, 9.17) is 9.15 Å². The quantitative estimate of drug-likeness (QED) is 0.724. The first-order chi connectivity index (χ1) is 14.3. The smallest absolute Gasteiger partial charge is 0.185 e. The highest BCUT2D eigenvalue weighted by Gasteiger charge is 2.45. The number of nitrogens with one attached hydrogen (secondary N) is 2. The molecule has 29 heavy (non-hydrogen) atoms. The molecule has 5 nitrogen and oxygen atoms in total. The van der Waals surface area contributed by atoms with Crippen LogP contribution in [0.2, 0.25) is 0 Å². The molecule has 0 spiro atoms. The molecule has 1 aromatic rings. The number of hydrogen-bond acceptors (Lipinski definition) is 5. The van der Waals surface area contributed by atoms with Gasteiger partial charge in [0, 0.05) is 12.5 Å². The number of piperidine rings is 1. The van der Waals surface area contributed by atoms with Gasteiger partial charge >= 0.3 is 0 Å². The third-order valence-corrected chi connectivity index (χ3v) is 8.14. The number of rotatable bonds is 5. The predicted octanol–water partition coefficient (Wildman–Crippen LogP) is 4.24. The number of carbonyl (C=O) groups excluding carboxylic acids is 1. The third kappa shape index (κ3) is 4.19. The number of hydrogen-bond donors (Lipinski definition) is 2. The van der Waals surface area contributed by atoms with Crippen molar-refractivity contribution in [1.29, 1.82) is 0 Å². The zero-order valence-electron chi connectivity index (χ0n) is 17.5. The SMILES string of the molecule is O=Cc1cc(C2CNC3NCC(C4CCCCC4OC4CCCCC4)CC32)co1. The molecular formula is C24H36N2O3. The van der Waals surface area contributed by atoms with E-state index < -0.39 is 0 Å². The Morgan fingerprint density at radius 2 is 1.76 bits per heavy atom. The van der Waals surface area contributed by atoms with Gasteiger partial charge in [0.2, 0.25) is 0 Å². The van der Waals surface area contributed by atoms with E-state index in [0.29, 0.717) is 47.8 Å². The highest BCUT2D eigenvalue weighted by atomic mass is 16.5. The highest BCUT2D eigenvalue weighted by Crippen LogP contribution is 2.44. The van der Waals surface area contributed by atoms with Crippen LogP contribution in [0.25, 0.3) is 0 Å². The standard InChI is InChI=1S/C24H36N2O3/c27-14-19-10-17(15-28-19)22-13-26-24-21(22)11-16(12-25-24)20-8-4-5-9-23(20)29-18-6-2-1-3-7-18/h10,14-16,18,20-26H,1-9,11-13H2. The first-order valence-corrected chi connectivity index (χ1v) is 12.0. The summed E-state index contributed by atoms with van der Waals surface area (Å²) < 4.78 is 12.2. The van der Waals surface area contributed by atoms with E-state index in [1.165, 1.54) is 69.8 Å². The van der Waals surface area contributed by atoms with Crippen molar-refractivity contribution in [3.63, 3.8) is 0 Å². The molecule has 0 bridgehead atoms. The lowest BCUT2D eigenvalue weighted by Gasteiger charge is -2.44. The van der Waals surface area contributed by atoms with Crippen LogP contribution in [0.15, 0.2) is 16.7 Å². The summed E-state index contributed by atoms with van der Waals surface area (Å²) in [4.78, 5) is 11.0. The van der Waals surface area contributed by atoms with Crippen molar-refractivity contribution in [2.45, 2.75) is 88.5 Å². The normalized spacial score (nSPS) is 38.6. The van der Waals surface area contributed by atoms with Gasteiger partial charge in [-0.1, -0.05) is 32.1 Å². The van der Waals surface area contributed by atoms with Crippen molar-refractivity contribution in [3.8, 4) is 0 Å². The summed E-state index contributed by atoms with van der Waals surface area (Å²) in [5.74, 6) is 2.80. The molecule has 6 unspecified atom stereocenters. The maximum atomic E-state index is 11.0. The Balaban J connectivity index is 1.27. The topological polar surface area (TPSA) is 63.5 Å². The Hall–Kier alpha value is -1.17. The van der Waals surface area contributed by atoms with Gasteiger partial charge < -0.3 is 19.8 Å². The van der Waals surface area contributed by atoms with Crippen molar-refractivity contribution in [2.24, 2.45) is 17.8 Å². The molecule has 1 aromatic heterocycles. The lowest BCUT2D eigenvalue weighted by molar-refractivity contribution is -0.0901. The maximum absolute atomic E-state index is 11.0. The van der Waals surface area contributed by atoms with Crippen LogP contribution in [0.1, 0.15) is 86.2 Å². The first kappa shape index (κ1) is 19.8. The van der Waals surface area contributed by atoms with Gasteiger partial charge in [0.05, 0.1) is 24.6 Å². The molecule has 5 heteroatoms.